The van der Waals surface area contributed by atoms with Crippen molar-refractivity contribution in [1.29, 1.82) is 0 Å². The minimum atomic E-state index is -0.283. The Morgan fingerprint density at radius 1 is 1.27 bits per heavy atom. The van der Waals surface area contributed by atoms with E-state index < -0.39 is 0 Å². The van der Waals surface area contributed by atoms with Gasteiger partial charge in [0.1, 0.15) is 0 Å². The Morgan fingerprint density at radius 3 is 2.55 bits per heavy atom. The molecule has 1 saturated heterocycles. The van der Waals surface area contributed by atoms with Crippen LogP contribution in [0.5, 0.6) is 11.5 Å². The number of amides is 2. The van der Waals surface area contributed by atoms with Crippen LogP contribution < -0.4 is 9.47 Å². The van der Waals surface area contributed by atoms with E-state index >= 15 is 0 Å². The molecule has 0 bridgehead atoms. The molecule has 22 heavy (non-hydrogen) atoms. The molecule has 1 heterocycles. The minimum Gasteiger partial charge on any atom is -0.493 e. The molecule has 1 fully saturated rings. The summed E-state index contributed by atoms with van der Waals surface area (Å²) in [6, 6.07) is 5.43. The lowest BCUT2D eigenvalue weighted by Crippen LogP contribution is -2.22. The van der Waals surface area contributed by atoms with Crippen LogP contribution in [0.25, 0.3) is 6.08 Å². The second kappa shape index (κ2) is 6.87. The Morgan fingerprint density at radius 2 is 2.00 bits per heavy atom. The number of ether oxygens (including phenoxy) is 2. The lowest BCUT2D eigenvalue weighted by Gasteiger charge is -2.12. The summed E-state index contributed by atoms with van der Waals surface area (Å²) >= 11 is 0.935. The van der Waals surface area contributed by atoms with Crippen molar-refractivity contribution in [3.05, 3.63) is 28.7 Å². The van der Waals surface area contributed by atoms with E-state index in [0.717, 1.165) is 22.2 Å². The zero-order valence-corrected chi connectivity index (χ0v) is 13.9. The maximum Gasteiger partial charge on any atom is 0.293 e. The number of imide groups is 1. The number of likely N-dealkylation sites (N-methyl/N-ethyl adjacent to an activating group) is 1. The van der Waals surface area contributed by atoms with E-state index in [1.165, 1.54) is 7.05 Å². The van der Waals surface area contributed by atoms with Gasteiger partial charge in [0, 0.05) is 7.05 Å². The molecule has 2 rings (SSSR count). The molecule has 5 nitrogen and oxygen atoms in total. The molecule has 0 aliphatic carbocycles. The second-order valence-electron chi connectivity index (χ2n) is 5.36. The molecule has 0 radical (unpaired) electrons. The van der Waals surface area contributed by atoms with E-state index in [0.29, 0.717) is 28.9 Å². The number of hydrogen-bond acceptors (Lipinski definition) is 5. The van der Waals surface area contributed by atoms with Crippen molar-refractivity contribution in [2.75, 3.05) is 20.8 Å². The van der Waals surface area contributed by atoms with E-state index in [-0.39, 0.29) is 11.1 Å². The molecule has 1 aliphatic heterocycles. The van der Waals surface area contributed by atoms with Gasteiger partial charge in [-0.25, -0.2) is 0 Å². The van der Waals surface area contributed by atoms with Gasteiger partial charge in [0.2, 0.25) is 0 Å². The van der Waals surface area contributed by atoms with E-state index in [1.54, 1.807) is 19.3 Å². The summed E-state index contributed by atoms with van der Waals surface area (Å²) in [7, 11) is 3.04. The summed E-state index contributed by atoms with van der Waals surface area (Å²) in [5.41, 5.74) is 0.785. The van der Waals surface area contributed by atoms with Crippen molar-refractivity contribution in [3.63, 3.8) is 0 Å². The number of benzene rings is 1. The van der Waals surface area contributed by atoms with Crippen LogP contribution in [0.4, 0.5) is 4.79 Å². The molecule has 6 heteroatoms. The van der Waals surface area contributed by atoms with E-state index in [9.17, 15) is 9.59 Å². The number of thioether (sulfide) groups is 1. The van der Waals surface area contributed by atoms with Gasteiger partial charge in [-0.1, -0.05) is 19.9 Å². The fourth-order valence-electron chi connectivity index (χ4n) is 1.85. The van der Waals surface area contributed by atoms with Gasteiger partial charge in [-0.15, -0.1) is 0 Å². The summed E-state index contributed by atoms with van der Waals surface area (Å²) in [5.74, 6) is 1.40. The molecule has 118 valence electrons. The van der Waals surface area contributed by atoms with Crippen LogP contribution in [0, 0.1) is 5.92 Å². The van der Waals surface area contributed by atoms with E-state index in [1.807, 2.05) is 12.1 Å². The van der Waals surface area contributed by atoms with Crippen molar-refractivity contribution in [2.24, 2.45) is 5.92 Å². The van der Waals surface area contributed by atoms with Gasteiger partial charge in [0.05, 0.1) is 18.6 Å². The van der Waals surface area contributed by atoms with Gasteiger partial charge in [0.15, 0.2) is 11.5 Å². The number of hydrogen-bond donors (Lipinski definition) is 0. The van der Waals surface area contributed by atoms with Crippen molar-refractivity contribution < 1.29 is 19.1 Å². The Hall–Kier alpha value is -1.95. The average molecular weight is 321 g/mol. The van der Waals surface area contributed by atoms with Crippen LogP contribution in [0.3, 0.4) is 0 Å². The zero-order chi connectivity index (χ0) is 16.3. The van der Waals surface area contributed by atoms with Gasteiger partial charge in [-0.05, 0) is 41.5 Å². The van der Waals surface area contributed by atoms with Crippen LogP contribution in [-0.4, -0.2) is 36.8 Å². The lowest BCUT2D eigenvalue weighted by molar-refractivity contribution is -0.121. The number of nitrogens with zero attached hydrogens (tertiary/aromatic N) is 1. The highest BCUT2D eigenvalue weighted by Crippen LogP contribution is 2.33. The first kappa shape index (κ1) is 16.4. The molecule has 0 aromatic heterocycles. The molecule has 1 aromatic carbocycles. The summed E-state index contributed by atoms with van der Waals surface area (Å²) in [6.07, 6.45) is 1.68. The summed E-state index contributed by atoms with van der Waals surface area (Å²) < 4.78 is 11.0. The third kappa shape index (κ3) is 3.62. The van der Waals surface area contributed by atoms with E-state index in [2.05, 4.69) is 13.8 Å². The highest BCUT2D eigenvalue weighted by molar-refractivity contribution is 8.18. The van der Waals surface area contributed by atoms with Crippen molar-refractivity contribution in [3.8, 4) is 11.5 Å². The highest BCUT2D eigenvalue weighted by atomic mass is 32.2. The van der Waals surface area contributed by atoms with Crippen LogP contribution in [0.15, 0.2) is 23.1 Å². The first-order valence-electron chi connectivity index (χ1n) is 6.94. The molecule has 0 saturated carbocycles. The summed E-state index contributed by atoms with van der Waals surface area (Å²) in [6.45, 7) is 4.74. The molecule has 0 spiro atoms. The fraction of sp³-hybridized carbons (Fsp3) is 0.375. The van der Waals surface area contributed by atoms with Crippen LogP contribution in [0.1, 0.15) is 19.4 Å². The van der Waals surface area contributed by atoms with Crippen molar-refractivity contribution in [1.82, 2.24) is 4.90 Å². The van der Waals surface area contributed by atoms with Crippen molar-refractivity contribution in [2.45, 2.75) is 13.8 Å². The third-order valence-electron chi connectivity index (χ3n) is 3.04. The van der Waals surface area contributed by atoms with Crippen LogP contribution in [-0.2, 0) is 4.79 Å². The smallest absolute Gasteiger partial charge is 0.293 e. The number of carbonyl (C=O) groups is 2. The maximum absolute atomic E-state index is 11.9. The zero-order valence-electron chi connectivity index (χ0n) is 13.1. The molecule has 0 atom stereocenters. The first-order valence-corrected chi connectivity index (χ1v) is 7.76. The predicted octanol–water partition coefficient (Wildman–Crippen LogP) is 3.40. The van der Waals surface area contributed by atoms with Gasteiger partial charge < -0.3 is 9.47 Å². The average Bonchev–Trinajstić information content (AvgIpc) is 2.73. The Bertz CT molecular complexity index is 625. The topological polar surface area (TPSA) is 55.8 Å². The normalized spacial score (nSPS) is 16.8. The third-order valence-corrected chi connectivity index (χ3v) is 4.01. The molecular formula is C16H19NO4S. The largest absolute Gasteiger partial charge is 0.493 e. The number of carbonyl (C=O) groups excluding carboxylic acids is 2. The predicted molar refractivity (Wildman–Crippen MR) is 87.1 cm³/mol. The molecule has 0 unspecified atom stereocenters. The fourth-order valence-corrected chi connectivity index (χ4v) is 2.67. The molecule has 0 N–H and O–H groups in total. The summed E-state index contributed by atoms with van der Waals surface area (Å²) in [4.78, 5) is 24.9. The number of methoxy groups -OCH3 is 1. The first-order chi connectivity index (χ1) is 10.4. The quantitative estimate of drug-likeness (QED) is 0.778. The van der Waals surface area contributed by atoms with Gasteiger partial charge >= 0.3 is 0 Å². The van der Waals surface area contributed by atoms with Crippen LogP contribution >= 0.6 is 11.8 Å². The Labute approximate surface area is 134 Å². The summed E-state index contributed by atoms with van der Waals surface area (Å²) in [5, 5.41) is -0.264. The van der Waals surface area contributed by atoms with E-state index in [4.69, 9.17) is 9.47 Å². The maximum atomic E-state index is 11.9. The second-order valence-corrected chi connectivity index (χ2v) is 6.35. The van der Waals surface area contributed by atoms with Gasteiger partial charge in [0.25, 0.3) is 11.1 Å². The Balaban J connectivity index is 2.23. The van der Waals surface area contributed by atoms with Gasteiger partial charge in [-0.3, -0.25) is 14.5 Å². The minimum absolute atomic E-state index is 0.264. The number of rotatable bonds is 5. The highest BCUT2D eigenvalue weighted by Gasteiger charge is 2.31. The van der Waals surface area contributed by atoms with Gasteiger partial charge in [-0.2, -0.15) is 0 Å². The molecule has 1 aromatic rings. The van der Waals surface area contributed by atoms with Crippen LogP contribution in [0.2, 0.25) is 0 Å². The Kier molecular flexibility index (Phi) is 5.13. The standard InChI is InChI=1S/C16H19NO4S/c1-10(2)9-21-12-6-5-11(7-13(12)20-4)8-14-15(18)17(3)16(19)22-14/h5-8,10H,9H2,1-4H3/b14-8-. The monoisotopic (exact) mass is 321 g/mol. The molecular weight excluding hydrogens is 302 g/mol. The van der Waals surface area contributed by atoms with Crippen molar-refractivity contribution >= 4 is 29.0 Å². The SMILES string of the molecule is COc1cc(/C=C2\SC(=O)N(C)C2=O)ccc1OCC(C)C. The lowest BCUT2D eigenvalue weighted by atomic mass is 10.1. The molecule has 2 amide bonds. The molecule has 1 aliphatic rings.